The van der Waals surface area contributed by atoms with Gasteiger partial charge in [-0.15, -0.1) is 11.3 Å². The zero-order valence-corrected chi connectivity index (χ0v) is 10.8. The van der Waals surface area contributed by atoms with Crippen molar-refractivity contribution in [3.8, 4) is 0 Å². The molecule has 1 nitrogen and oxygen atoms in total. The Morgan fingerprint density at radius 1 is 1.17 bits per heavy atom. The van der Waals surface area contributed by atoms with E-state index in [4.69, 9.17) is 0 Å². The molecule has 0 radical (unpaired) electrons. The molecule has 1 aromatic heterocycles. The standard InChI is InChI=1S/C15H15FOS/c16-12-7-3-2-6-11(12)15(17)14-9-10-5-1-4-8-13(10)18-14/h2-3,6-7,9,15,17H,1,4-5,8H2. The van der Waals surface area contributed by atoms with Crippen LogP contribution in [0, 0.1) is 5.82 Å². The lowest BCUT2D eigenvalue weighted by atomic mass is 9.98. The number of hydrogen-bond donors (Lipinski definition) is 1. The lowest BCUT2D eigenvalue weighted by Gasteiger charge is -2.09. The number of benzene rings is 1. The summed E-state index contributed by atoms with van der Waals surface area (Å²) in [5.41, 5.74) is 1.72. The van der Waals surface area contributed by atoms with Gasteiger partial charge in [-0.3, -0.25) is 0 Å². The van der Waals surface area contributed by atoms with E-state index in [9.17, 15) is 9.50 Å². The van der Waals surface area contributed by atoms with Crippen LogP contribution in [0.3, 0.4) is 0 Å². The lowest BCUT2D eigenvalue weighted by molar-refractivity contribution is 0.218. The van der Waals surface area contributed by atoms with Crippen molar-refractivity contribution in [2.45, 2.75) is 31.8 Å². The summed E-state index contributed by atoms with van der Waals surface area (Å²) < 4.78 is 13.7. The zero-order chi connectivity index (χ0) is 12.5. The Labute approximate surface area is 110 Å². The molecule has 3 rings (SSSR count). The molecule has 2 aromatic rings. The number of thiophene rings is 1. The first kappa shape index (κ1) is 11.9. The van der Waals surface area contributed by atoms with E-state index in [0.717, 1.165) is 17.7 Å². The molecule has 0 fully saturated rings. The molecule has 1 aliphatic carbocycles. The first-order chi connectivity index (χ1) is 8.75. The van der Waals surface area contributed by atoms with Crippen LogP contribution in [0.25, 0.3) is 0 Å². The van der Waals surface area contributed by atoms with E-state index in [1.807, 2.05) is 0 Å². The Kier molecular flexibility index (Phi) is 3.18. The van der Waals surface area contributed by atoms with Crippen molar-refractivity contribution in [1.29, 1.82) is 0 Å². The molecular formula is C15H15FOS. The van der Waals surface area contributed by atoms with Gasteiger partial charge in [-0.05, 0) is 43.4 Å². The second kappa shape index (κ2) is 4.82. The van der Waals surface area contributed by atoms with Gasteiger partial charge in [0, 0.05) is 15.3 Å². The summed E-state index contributed by atoms with van der Waals surface area (Å²) in [4.78, 5) is 2.23. The van der Waals surface area contributed by atoms with E-state index in [-0.39, 0.29) is 5.82 Å². The van der Waals surface area contributed by atoms with E-state index >= 15 is 0 Å². The molecule has 0 bridgehead atoms. The van der Waals surface area contributed by atoms with Gasteiger partial charge in [-0.1, -0.05) is 18.2 Å². The summed E-state index contributed by atoms with van der Waals surface area (Å²) in [6.07, 6.45) is 3.81. The number of hydrogen-bond acceptors (Lipinski definition) is 2. The lowest BCUT2D eigenvalue weighted by Crippen LogP contribution is -2.00. The average molecular weight is 262 g/mol. The zero-order valence-electron chi connectivity index (χ0n) is 10.0. The van der Waals surface area contributed by atoms with Gasteiger partial charge in [0.05, 0.1) is 0 Å². The van der Waals surface area contributed by atoms with Crippen molar-refractivity contribution in [1.82, 2.24) is 0 Å². The predicted octanol–water partition coefficient (Wildman–Crippen LogP) is 3.85. The molecular weight excluding hydrogens is 247 g/mol. The van der Waals surface area contributed by atoms with Crippen molar-refractivity contribution in [3.05, 3.63) is 57.0 Å². The Bertz CT molecular complexity index is 538. The van der Waals surface area contributed by atoms with Gasteiger partial charge in [-0.25, -0.2) is 4.39 Å². The summed E-state index contributed by atoms with van der Waals surface area (Å²) in [5, 5.41) is 10.3. The van der Waals surface area contributed by atoms with Crippen molar-refractivity contribution >= 4 is 11.3 Å². The molecule has 0 amide bonds. The highest BCUT2D eigenvalue weighted by atomic mass is 32.1. The van der Waals surface area contributed by atoms with Crippen LogP contribution in [0.2, 0.25) is 0 Å². The summed E-state index contributed by atoms with van der Waals surface area (Å²) in [7, 11) is 0. The van der Waals surface area contributed by atoms with Crippen LogP contribution in [0.15, 0.2) is 30.3 Å². The monoisotopic (exact) mass is 262 g/mol. The van der Waals surface area contributed by atoms with Crippen LogP contribution in [-0.4, -0.2) is 5.11 Å². The maximum Gasteiger partial charge on any atom is 0.129 e. The Balaban J connectivity index is 1.95. The molecule has 0 aliphatic heterocycles. The van der Waals surface area contributed by atoms with E-state index in [0.29, 0.717) is 5.56 Å². The summed E-state index contributed by atoms with van der Waals surface area (Å²) in [5.74, 6) is -0.337. The highest BCUT2D eigenvalue weighted by molar-refractivity contribution is 7.12. The van der Waals surface area contributed by atoms with Gasteiger partial charge in [0.2, 0.25) is 0 Å². The minimum atomic E-state index is -0.832. The van der Waals surface area contributed by atoms with Crippen molar-refractivity contribution in [2.24, 2.45) is 0 Å². The molecule has 1 heterocycles. The quantitative estimate of drug-likeness (QED) is 0.871. The largest absolute Gasteiger partial charge is 0.383 e. The van der Waals surface area contributed by atoms with Gasteiger partial charge in [0.1, 0.15) is 11.9 Å². The molecule has 3 heteroatoms. The smallest absolute Gasteiger partial charge is 0.129 e. The Morgan fingerprint density at radius 3 is 2.72 bits per heavy atom. The normalized spacial score (nSPS) is 16.3. The molecule has 1 N–H and O–H groups in total. The van der Waals surface area contributed by atoms with E-state index in [2.05, 4.69) is 6.07 Å². The van der Waals surface area contributed by atoms with Crippen LogP contribution in [0.4, 0.5) is 4.39 Å². The number of aryl methyl sites for hydroxylation is 2. The van der Waals surface area contributed by atoms with Gasteiger partial charge >= 0.3 is 0 Å². The second-order valence-electron chi connectivity index (χ2n) is 4.73. The van der Waals surface area contributed by atoms with Crippen LogP contribution in [-0.2, 0) is 12.8 Å². The molecule has 1 aliphatic rings. The van der Waals surface area contributed by atoms with Crippen molar-refractivity contribution in [3.63, 3.8) is 0 Å². The van der Waals surface area contributed by atoms with Gasteiger partial charge in [0.15, 0.2) is 0 Å². The van der Waals surface area contributed by atoms with Crippen molar-refractivity contribution < 1.29 is 9.50 Å². The predicted molar refractivity (Wildman–Crippen MR) is 71.4 cm³/mol. The van der Waals surface area contributed by atoms with E-state index in [1.165, 1.54) is 29.3 Å². The molecule has 0 saturated heterocycles. The summed E-state index contributed by atoms with van der Waals surface area (Å²) >= 11 is 1.63. The maximum absolute atomic E-state index is 13.7. The fraction of sp³-hybridized carbons (Fsp3) is 0.333. The van der Waals surface area contributed by atoms with Crippen LogP contribution < -0.4 is 0 Å². The number of aliphatic hydroxyl groups excluding tert-OH is 1. The molecule has 0 saturated carbocycles. The SMILES string of the molecule is OC(c1cc2c(s1)CCCC2)c1ccccc1F. The average Bonchev–Trinajstić information content (AvgIpc) is 2.82. The number of fused-ring (bicyclic) bond motifs is 1. The van der Waals surface area contributed by atoms with Gasteiger partial charge in [0.25, 0.3) is 0 Å². The van der Waals surface area contributed by atoms with E-state index in [1.54, 1.807) is 29.5 Å². The second-order valence-corrected chi connectivity index (χ2v) is 5.90. The van der Waals surface area contributed by atoms with Gasteiger partial charge < -0.3 is 5.11 Å². The summed E-state index contributed by atoms with van der Waals surface area (Å²) in [6, 6.07) is 8.50. The number of aliphatic hydroxyl groups is 1. The molecule has 1 atom stereocenters. The third-order valence-electron chi connectivity index (χ3n) is 3.48. The first-order valence-corrected chi connectivity index (χ1v) is 7.11. The fourth-order valence-corrected chi connectivity index (χ4v) is 3.76. The third-order valence-corrected chi connectivity index (χ3v) is 4.77. The van der Waals surface area contributed by atoms with Crippen LogP contribution in [0.1, 0.15) is 39.8 Å². The molecule has 0 spiro atoms. The molecule has 1 unspecified atom stereocenters. The minimum absolute atomic E-state index is 0.337. The Hall–Kier alpha value is -1.19. The first-order valence-electron chi connectivity index (χ1n) is 6.29. The molecule has 18 heavy (non-hydrogen) atoms. The number of rotatable bonds is 2. The van der Waals surface area contributed by atoms with Crippen LogP contribution >= 0.6 is 11.3 Å². The Morgan fingerprint density at radius 2 is 1.94 bits per heavy atom. The van der Waals surface area contributed by atoms with Gasteiger partial charge in [-0.2, -0.15) is 0 Å². The highest BCUT2D eigenvalue weighted by Gasteiger charge is 2.20. The molecule has 94 valence electrons. The summed E-state index contributed by atoms with van der Waals surface area (Å²) in [6.45, 7) is 0. The molecule has 1 aromatic carbocycles. The maximum atomic E-state index is 13.7. The topological polar surface area (TPSA) is 20.2 Å². The van der Waals surface area contributed by atoms with E-state index < -0.39 is 6.10 Å². The number of halogens is 1. The van der Waals surface area contributed by atoms with Crippen LogP contribution in [0.5, 0.6) is 0 Å². The third kappa shape index (κ3) is 2.08. The highest BCUT2D eigenvalue weighted by Crippen LogP contribution is 2.35. The minimum Gasteiger partial charge on any atom is -0.383 e. The van der Waals surface area contributed by atoms with Crippen molar-refractivity contribution in [2.75, 3.05) is 0 Å². The fourth-order valence-electron chi connectivity index (χ4n) is 2.50.